The molecule has 0 spiro atoms. The molecule has 4 aromatic rings. The number of hydrogen-bond acceptors (Lipinski definition) is 5. The van der Waals surface area contributed by atoms with E-state index in [1.165, 1.54) is 16.7 Å². The molecule has 0 saturated carbocycles. The smallest absolute Gasteiger partial charge is 0.220 e. The minimum absolute atomic E-state index is 0.147. The van der Waals surface area contributed by atoms with Gasteiger partial charge in [0.2, 0.25) is 11.8 Å². The maximum Gasteiger partial charge on any atom is 0.220 e. The molecule has 0 bridgehead atoms. The first-order chi connectivity index (χ1) is 16.8. The van der Waals surface area contributed by atoms with Gasteiger partial charge in [-0.15, -0.1) is 0 Å². The molecule has 0 amide bonds. The van der Waals surface area contributed by atoms with Crippen LogP contribution in [0.1, 0.15) is 39.9 Å². The first-order valence-electron chi connectivity index (χ1n) is 12.0. The van der Waals surface area contributed by atoms with Crippen LogP contribution in [0.5, 0.6) is 0 Å². The summed E-state index contributed by atoms with van der Waals surface area (Å²) < 4.78 is 12.1. The summed E-state index contributed by atoms with van der Waals surface area (Å²) >= 11 is 0. The topological polar surface area (TPSA) is 50.5 Å². The van der Waals surface area contributed by atoms with Crippen molar-refractivity contribution in [3.8, 4) is 0 Å². The second-order valence-corrected chi connectivity index (χ2v) is 8.78. The number of hydrogen-bond donors (Lipinski definition) is 1. The Morgan fingerprint density at radius 1 is 0.882 bits per heavy atom. The lowest BCUT2D eigenvalue weighted by molar-refractivity contribution is 0.120. The molecule has 1 aromatic heterocycles. The van der Waals surface area contributed by atoms with Crippen LogP contribution in [0.2, 0.25) is 0 Å². The molecular formula is C29H31N3O2. The summed E-state index contributed by atoms with van der Waals surface area (Å²) in [4.78, 5) is 7.34. The van der Waals surface area contributed by atoms with Gasteiger partial charge in [-0.1, -0.05) is 90.5 Å². The zero-order valence-corrected chi connectivity index (χ0v) is 19.6. The minimum Gasteiger partial charge on any atom is -0.423 e. The lowest BCUT2D eigenvalue weighted by atomic mass is 10.1. The summed E-state index contributed by atoms with van der Waals surface area (Å²) in [6.07, 6.45) is 0.733. The number of morpholine rings is 1. The summed E-state index contributed by atoms with van der Waals surface area (Å²) in [6.45, 7) is 5.87. The van der Waals surface area contributed by atoms with E-state index < -0.39 is 0 Å². The average Bonchev–Trinajstić information content (AvgIpc) is 3.29. The van der Waals surface area contributed by atoms with Gasteiger partial charge in [0.1, 0.15) is 11.7 Å². The van der Waals surface area contributed by atoms with Gasteiger partial charge in [0, 0.05) is 26.1 Å². The van der Waals surface area contributed by atoms with Crippen molar-refractivity contribution in [2.45, 2.75) is 25.9 Å². The SMILES string of the molecule is Cc1cccc(CNC(c2ccccc2)c2nc(Cc3ccccc3)c(N3CCOCC3)o2)c1. The predicted octanol–water partition coefficient (Wildman–Crippen LogP) is 5.29. The highest BCUT2D eigenvalue weighted by atomic mass is 16.5. The molecular weight excluding hydrogens is 422 g/mol. The van der Waals surface area contributed by atoms with Crippen LogP contribution < -0.4 is 10.2 Å². The number of ether oxygens (including phenoxy) is 1. The number of oxazole rings is 1. The van der Waals surface area contributed by atoms with Crippen molar-refractivity contribution >= 4 is 5.88 Å². The van der Waals surface area contributed by atoms with E-state index in [1.807, 2.05) is 12.1 Å². The van der Waals surface area contributed by atoms with Gasteiger partial charge in [-0.05, 0) is 23.6 Å². The van der Waals surface area contributed by atoms with E-state index in [9.17, 15) is 0 Å². The van der Waals surface area contributed by atoms with Gasteiger partial charge in [-0.2, -0.15) is 0 Å². The molecule has 1 saturated heterocycles. The molecule has 0 aliphatic carbocycles. The van der Waals surface area contributed by atoms with Crippen LogP contribution in [-0.2, 0) is 17.7 Å². The fourth-order valence-corrected chi connectivity index (χ4v) is 4.44. The Morgan fingerprint density at radius 2 is 1.59 bits per heavy atom. The minimum atomic E-state index is -0.147. The highest BCUT2D eigenvalue weighted by molar-refractivity contribution is 5.45. The number of benzene rings is 3. The van der Waals surface area contributed by atoms with Crippen LogP contribution in [0.3, 0.4) is 0 Å². The standard InChI is InChI=1S/C29H31N3O2/c1-22-9-8-12-24(19-22)21-30-27(25-13-6-3-7-14-25)28-31-26(20-23-10-4-2-5-11-23)29(34-28)32-15-17-33-18-16-32/h2-14,19,27,30H,15-18,20-21H2,1H3. The number of nitrogens with zero attached hydrogens (tertiary/aromatic N) is 2. The zero-order valence-electron chi connectivity index (χ0n) is 19.6. The molecule has 174 valence electrons. The Kier molecular flexibility index (Phi) is 7.03. The molecule has 5 nitrogen and oxygen atoms in total. The van der Waals surface area contributed by atoms with Gasteiger partial charge < -0.3 is 14.1 Å². The van der Waals surface area contributed by atoms with E-state index in [2.05, 4.69) is 89.9 Å². The lowest BCUT2D eigenvalue weighted by Gasteiger charge is -2.27. The number of aromatic nitrogens is 1. The molecule has 1 unspecified atom stereocenters. The van der Waals surface area contributed by atoms with E-state index >= 15 is 0 Å². The summed E-state index contributed by atoms with van der Waals surface area (Å²) in [5, 5.41) is 3.70. The van der Waals surface area contributed by atoms with Crippen molar-refractivity contribution in [2.24, 2.45) is 0 Å². The van der Waals surface area contributed by atoms with Crippen LogP contribution in [-0.4, -0.2) is 31.3 Å². The van der Waals surface area contributed by atoms with Crippen LogP contribution in [0.4, 0.5) is 5.88 Å². The van der Waals surface area contributed by atoms with Crippen LogP contribution in [0.15, 0.2) is 89.3 Å². The number of anilines is 1. The third-order valence-electron chi connectivity index (χ3n) is 6.18. The molecule has 1 atom stereocenters. The van der Waals surface area contributed by atoms with Crippen molar-refractivity contribution in [3.63, 3.8) is 0 Å². The molecule has 5 rings (SSSR count). The molecule has 34 heavy (non-hydrogen) atoms. The number of nitrogens with one attached hydrogen (secondary N) is 1. The van der Waals surface area contributed by atoms with Gasteiger partial charge in [0.25, 0.3) is 0 Å². The molecule has 2 heterocycles. The van der Waals surface area contributed by atoms with E-state index in [1.54, 1.807) is 0 Å². The summed E-state index contributed by atoms with van der Waals surface area (Å²) in [5.74, 6) is 1.56. The monoisotopic (exact) mass is 453 g/mol. The average molecular weight is 454 g/mol. The van der Waals surface area contributed by atoms with E-state index in [0.717, 1.165) is 43.2 Å². The summed E-state index contributed by atoms with van der Waals surface area (Å²) in [6, 6.07) is 29.3. The second kappa shape index (κ2) is 10.7. The third kappa shape index (κ3) is 5.38. The lowest BCUT2D eigenvalue weighted by Crippen LogP contribution is -2.36. The van der Waals surface area contributed by atoms with Gasteiger partial charge >= 0.3 is 0 Å². The fourth-order valence-electron chi connectivity index (χ4n) is 4.44. The second-order valence-electron chi connectivity index (χ2n) is 8.78. The van der Waals surface area contributed by atoms with Gasteiger partial charge in [0.05, 0.1) is 13.2 Å². The molecule has 5 heteroatoms. The molecule has 1 fully saturated rings. The van der Waals surface area contributed by atoms with Crippen molar-refractivity contribution in [1.82, 2.24) is 10.3 Å². The van der Waals surface area contributed by atoms with Gasteiger partial charge in [0.15, 0.2) is 0 Å². The quantitative estimate of drug-likeness (QED) is 0.393. The Labute approximate surface area is 201 Å². The molecule has 0 radical (unpaired) electrons. The normalized spacial score (nSPS) is 14.8. The van der Waals surface area contributed by atoms with Gasteiger partial charge in [-0.3, -0.25) is 5.32 Å². The highest BCUT2D eigenvalue weighted by Gasteiger charge is 2.26. The van der Waals surface area contributed by atoms with Crippen LogP contribution in [0.25, 0.3) is 0 Å². The van der Waals surface area contributed by atoms with E-state index in [-0.39, 0.29) is 6.04 Å². The molecule has 1 N–H and O–H groups in total. The zero-order chi connectivity index (χ0) is 23.2. The molecule has 3 aromatic carbocycles. The highest BCUT2D eigenvalue weighted by Crippen LogP contribution is 2.31. The Balaban J connectivity index is 1.49. The van der Waals surface area contributed by atoms with Crippen molar-refractivity contribution in [1.29, 1.82) is 0 Å². The number of aryl methyl sites for hydroxylation is 1. The largest absolute Gasteiger partial charge is 0.423 e. The fraction of sp³-hybridized carbons (Fsp3) is 0.276. The van der Waals surface area contributed by atoms with E-state index in [4.69, 9.17) is 14.1 Å². The maximum absolute atomic E-state index is 6.55. The molecule has 1 aliphatic rings. The van der Waals surface area contributed by atoms with Crippen molar-refractivity contribution in [2.75, 3.05) is 31.2 Å². The maximum atomic E-state index is 6.55. The Hall–Kier alpha value is -3.41. The first kappa shape index (κ1) is 22.4. The van der Waals surface area contributed by atoms with Crippen LogP contribution >= 0.6 is 0 Å². The molecule has 1 aliphatic heterocycles. The number of rotatable bonds is 8. The third-order valence-corrected chi connectivity index (χ3v) is 6.18. The predicted molar refractivity (Wildman–Crippen MR) is 135 cm³/mol. The Bertz CT molecular complexity index is 1180. The van der Waals surface area contributed by atoms with Crippen LogP contribution in [0, 0.1) is 6.92 Å². The van der Waals surface area contributed by atoms with E-state index in [0.29, 0.717) is 19.1 Å². The Morgan fingerprint density at radius 3 is 2.32 bits per heavy atom. The first-order valence-corrected chi connectivity index (χ1v) is 12.0. The summed E-state index contributed by atoms with van der Waals surface area (Å²) in [5.41, 5.74) is 5.83. The van der Waals surface area contributed by atoms with Crippen molar-refractivity contribution < 1.29 is 9.15 Å². The van der Waals surface area contributed by atoms with Crippen molar-refractivity contribution in [3.05, 3.63) is 119 Å². The summed E-state index contributed by atoms with van der Waals surface area (Å²) in [7, 11) is 0. The van der Waals surface area contributed by atoms with Gasteiger partial charge in [-0.25, -0.2) is 4.98 Å².